The number of hydrogen-bond donors (Lipinski definition) is 3. The van der Waals surface area contributed by atoms with Gasteiger partial charge in [-0.2, -0.15) is 0 Å². The number of nitrogens with one attached hydrogen (secondary N) is 2. The first-order chi connectivity index (χ1) is 19.1. The van der Waals surface area contributed by atoms with Crippen molar-refractivity contribution in [3.8, 4) is 22.5 Å². The zero-order valence-electron chi connectivity index (χ0n) is 21.1. The summed E-state index contributed by atoms with van der Waals surface area (Å²) in [4.78, 5) is 41.1. The van der Waals surface area contributed by atoms with Crippen molar-refractivity contribution in [1.29, 1.82) is 0 Å². The molecule has 0 bridgehead atoms. The van der Waals surface area contributed by atoms with Gasteiger partial charge in [-0.3, -0.25) is 19.1 Å². The fourth-order valence-corrected chi connectivity index (χ4v) is 5.27. The maximum atomic E-state index is 13.2. The average Bonchev–Trinajstić information content (AvgIpc) is 3.39. The molecule has 1 aliphatic rings. The fourth-order valence-electron chi connectivity index (χ4n) is 4.36. The van der Waals surface area contributed by atoms with Crippen LogP contribution in [-0.2, 0) is 24.2 Å². The number of amides is 2. The molecule has 5 rings (SSSR count). The molecule has 1 saturated heterocycles. The first-order valence-corrected chi connectivity index (χ1v) is 14.0. The standard InChI is InChI=1S/C27H24N4O8S/c1-40(36,37)21-5-3-2-4-20(21)16-8-12-19(13-9-16)31-14-15-38-23(26(31)34)22(32)25(33)28-18-10-6-17(7-11-18)24-29-27(35)39-30-24/h2-13,22-23,32H,14-15H2,1H3,(H,28,33)(H,29,30,35)/t22-,23-/m1/s1. The molecule has 1 aliphatic heterocycles. The third-order valence-electron chi connectivity index (χ3n) is 6.32. The number of ether oxygens (including phenoxy) is 1. The number of carbonyl (C=O) groups excluding carboxylic acids is 2. The number of aromatic nitrogens is 2. The van der Waals surface area contributed by atoms with Crippen LogP contribution in [0.25, 0.3) is 22.5 Å². The van der Waals surface area contributed by atoms with Gasteiger partial charge in [0.25, 0.3) is 11.8 Å². The van der Waals surface area contributed by atoms with Crippen LogP contribution in [0.3, 0.4) is 0 Å². The zero-order chi connectivity index (χ0) is 28.4. The number of hydrogen-bond acceptors (Lipinski definition) is 9. The Morgan fingerprint density at radius 3 is 2.38 bits per heavy atom. The molecule has 1 fully saturated rings. The summed E-state index contributed by atoms with van der Waals surface area (Å²) in [5.74, 6) is -1.91. The SMILES string of the molecule is CS(=O)(=O)c1ccccc1-c1ccc(N2CCO[C@H]([C@@H](O)C(=O)Nc3ccc(-c4noc(=O)[nH]4)cc3)C2=O)cc1. The van der Waals surface area contributed by atoms with Crippen LogP contribution in [0, 0.1) is 0 Å². The number of aliphatic hydroxyl groups excluding tert-OH is 1. The number of anilines is 2. The molecule has 2 heterocycles. The average molecular weight is 565 g/mol. The van der Waals surface area contributed by atoms with Crippen LogP contribution >= 0.6 is 0 Å². The lowest BCUT2D eigenvalue weighted by Gasteiger charge is -2.34. The van der Waals surface area contributed by atoms with Crippen molar-refractivity contribution in [2.45, 2.75) is 17.1 Å². The van der Waals surface area contributed by atoms with Crippen LogP contribution in [0.15, 0.2) is 87.0 Å². The second-order valence-electron chi connectivity index (χ2n) is 9.05. The Morgan fingerprint density at radius 2 is 1.73 bits per heavy atom. The molecule has 13 heteroatoms. The number of aromatic amines is 1. The van der Waals surface area contributed by atoms with E-state index in [0.29, 0.717) is 28.1 Å². The fraction of sp³-hybridized carbons (Fsp3) is 0.185. The van der Waals surface area contributed by atoms with E-state index in [1.165, 1.54) is 23.1 Å². The van der Waals surface area contributed by atoms with Crippen molar-refractivity contribution in [3.63, 3.8) is 0 Å². The summed E-state index contributed by atoms with van der Waals surface area (Å²) in [6.45, 7) is 0.290. The van der Waals surface area contributed by atoms with Crippen LogP contribution in [0.5, 0.6) is 0 Å². The molecule has 4 aromatic rings. The lowest BCUT2D eigenvalue weighted by Crippen LogP contribution is -2.55. The molecule has 206 valence electrons. The van der Waals surface area contributed by atoms with Crippen LogP contribution < -0.4 is 16.0 Å². The minimum atomic E-state index is -3.45. The molecule has 2 amide bonds. The Hall–Kier alpha value is -4.59. The molecular weight excluding hydrogens is 540 g/mol. The monoisotopic (exact) mass is 564 g/mol. The molecule has 3 N–H and O–H groups in total. The summed E-state index contributed by atoms with van der Waals surface area (Å²) < 4.78 is 34.3. The van der Waals surface area contributed by atoms with E-state index in [1.54, 1.807) is 54.6 Å². The highest BCUT2D eigenvalue weighted by molar-refractivity contribution is 7.90. The Labute approximate surface area is 228 Å². The molecule has 0 unspecified atom stereocenters. The highest BCUT2D eigenvalue weighted by atomic mass is 32.2. The number of aliphatic hydroxyl groups is 1. The summed E-state index contributed by atoms with van der Waals surface area (Å²) in [7, 11) is -3.45. The Bertz CT molecular complexity index is 1710. The minimum Gasteiger partial charge on any atom is -0.380 e. The predicted octanol–water partition coefficient (Wildman–Crippen LogP) is 1.83. The van der Waals surface area contributed by atoms with Crippen molar-refractivity contribution < 1.29 is 32.4 Å². The van der Waals surface area contributed by atoms with E-state index in [2.05, 4.69) is 20.0 Å². The van der Waals surface area contributed by atoms with Gasteiger partial charge in [0.15, 0.2) is 27.9 Å². The van der Waals surface area contributed by atoms with Crippen molar-refractivity contribution in [2.75, 3.05) is 29.6 Å². The van der Waals surface area contributed by atoms with E-state index in [1.807, 2.05) is 0 Å². The quantitative estimate of drug-likeness (QED) is 0.303. The van der Waals surface area contributed by atoms with Crippen molar-refractivity contribution >= 4 is 33.0 Å². The third kappa shape index (κ3) is 5.57. The maximum Gasteiger partial charge on any atom is 0.439 e. The molecule has 0 saturated carbocycles. The van der Waals surface area contributed by atoms with Gasteiger partial charge in [0.05, 0.1) is 11.5 Å². The van der Waals surface area contributed by atoms with E-state index in [0.717, 1.165) is 6.26 Å². The van der Waals surface area contributed by atoms with Gasteiger partial charge < -0.3 is 20.1 Å². The number of carbonyl (C=O) groups is 2. The lowest BCUT2D eigenvalue weighted by molar-refractivity contribution is -0.150. The van der Waals surface area contributed by atoms with E-state index >= 15 is 0 Å². The first-order valence-electron chi connectivity index (χ1n) is 12.1. The van der Waals surface area contributed by atoms with Crippen molar-refractivity contribution in [2.24, 2.45) is 0 Å². The van der Waals surface area contributed by atoms with Gasteiger partial charge in [0, 0.05) is 35.3 Å². The molecule has 0 spiro atoms. The highest BCUT2D eigenvalue weighted by Crippen LogP contribution is 2.30. The number of H-pyrrole nitrogens is 1. The maximum absolute atomic E-state index is 13.2. The molecule has 12 nitrogen and oxygen atoms in total. The summed E-state index contributed by atoms with van der Waals surface area (Å²) >= 11 is 0. The lowest BCUT2D eigenvalue weighted by atomic mass is 10.0. The van der Waals surface area contributed by atoms with Gasteiger partial charge >= 0.3 is 5.76 Å². The molecule has 0 radical (unpaired) electrons. The van der Waals surface area contributed by atoms with E-state index < -0.39 is 39.6 Å². The minimum absolute atomic E-state index is 0.0873. The van der Waals surface area contributed by atoms with Gasteiger partial charge in [-0.1, -0.05) is 35.5 Å². The molecular formula is C27H24N4O8S. The Balaban J connectivity index is 1.27. The van der Waals surface area contributed by atoms with Crippen molar-refractivity contribution in [3.05, 3.63) is 83.3 Å². The summed E-state index contributed by atoms with van der Waals surface area (Å²) in [6, 6.07) is 19.6. The van der Waals surface area contributed by atoms with E-state index in [-0.39, 0.29) is 23.9 Å². The van der Waals surface area contributed by atoms with Gasteiger partial charge in [0.2, 0.25) is 0 Å². The summed E-state index contributed by atoms with van der Waals surface area (Å²) in [5.41, 5.74) is 2.58. The number of rotatable bonds is 7. The van der Waals surface area contributed by atoms with Crippen molar-refractivity contribution in [1.82, 2.24) is 10.1 Å². The normalized spacial score (nSPS) is 16.5. The number of sulfone groups is 1. The molecule has 0 aliphatic carbocycles. The number of morpholine rings is 1. The molecule has 1 aromatic heterocycles. The van der Waals surface area contributed by atoms with E-state index in [9.17, 15) is 27.9 Å². The molecule has 40 heavy (non-hydrogen) atoms. The second-order valence-corrected chi connectivity index (χ2v) is 11.0. The van der Waals surface area contributed by atoms with Crippen LogP contribution in [0.2, 0.25) is 0 Å². The molecule has 3 aromatic carbocycles. The van der Waals surface area contributed by atoms with E-state index in [4.69, 9.17) is 4.74 Å². The Morgan fingerprint density at radius 1 is 1.05 bits per heavy atom. The van der Waals surface area contributed by atoms with Gasteiger partial charge in [-0.15, -0.1) is 0 Å². The Kier molecular flexibility index (Phi) is 7.34. The summed E-state index contributed by atoms with van der Waals surface area (Å²) in [5, 5.41) is 16.8. The van der Waals surface area contributed by atoms with Gasteiger partial charge in [-0.05, 0) is 48.0 Å². The van der Waals surface area contributed by atoms with Gasteiger partial charge in [-0.25, -0.2) is 13.2 Å². The smallest absolute Gasteiger partial charge is 0.380 e. The summed E-state index contributed by atoms with van der Waals surface area (Å²) in [6.07, 6.45) is -2.08. The zero-order valence-corrected chi connectivity index (χ0v) is 21.9. The number of nitrogens with zero attached hydrogens (tertiary/aromatic N) is 2. The third-order valence-corrected chi connectivity index (χ3v) is 7.47. The van der Waals surface area contributed by atoms with Crippen LogP contribution in [-0.4, -0.2) is 67.1 Å². The largest absolute Gasteiger partial charge is 0.439 e. The molecule has 2 atom stereocenters. The topological polar surface area (TPSA) is 172 Å². The first kappa shape index (κ1) is 27.0. The number of benzene rings is 3. The van der Waals surface area contributed by atoms with Crippen LogP contribution in [0.1, 0.15) is 0 Å². The second kappa shape index (κ2) is 10.9. The van der Waals surface area contributed by atoms with Crippen LogP contribution in [0.4, 0.5) is 11.4 Å². The highest BCUT2D eigenvalue weighted by Gasteiger charge is 2.39. The predicted molar refractivity (Wildman–Crippen MR) is 144 cm³/mol. The van der Waals surface area contributed by atoms with Gasteiger partial charge in [0.1, 0.15) is 0 Å².